The maximum Gasteiger partial charge on any atom is 0.416 e. The summed E-state index contributed by atoms with van der Waals surface area (Å²) in [6.45, 7) is 0. The minimum Gasteiger partial charge on any atom is -0.497 e. The first-order chi connectivity index (χ1) is 14.3. The third kappa shape index (κ3) is 3.86. The van der Waals surface area contributed by atoms with Gasteiger partial charge in [0.05, 0.1) is 23.9 Å². The van der Waals surface area contributed by atoms with Gasteiger partial charge >= 0.3 is 6.18 Å². The first-order valence-electron chi connectivity index (χ1n) is 8.75. The summed E-state index contributed by atoms with van der Waals surface area (Å²) < 4.78 is 58.1. The molecule has 30 heavy (non-hydrogen) atoms. The molecule has 0 radical (unpaired) electrons. The summed E-state index contributed by atoms with van der Waals surface area (Å²) in [4.78, 5) is 13.0. The number of hydrogen-bond donors (Lipinski definition) is 1. The molecule has 2 aromatic heterocycles. The highest BCUT2D eigenvalue weighted by Gasteiger charge is 2.31. The van der Waals surface area contributed by atoms with Crippen molar-refractivity contribution in [2.75, 3.05) is 12.4 Å². The fourth-order valence-corrected chi connectivity index (χ4v) is 2.87. The molecule has 4 aromatic rings. The van der Waals surface area contributed by atoms with E-state index in [4.69, 9.17) is 4.74 Å². The number of pyridine rings is 1. The third-order valence-corrected chi connectivity index (χ3v) is 4.37. The first-order valence-corrected chi connectivity index (χ1v) is 8.75. The molecule has 152 valence electrons. The Morgan fingerprint density at radius 2 is 1.83 bits per heavy atom. The lowest BCUT2D eigenvalue weighted by Gasteiger charge is -2.14. The number of ether oxygens (including phenoxy) is 1. The van der Waals surface area contributed by atoms with Crippen LogP contribution in [-0.2, 0) is 6.18 Å². The number of rotatable bonds is 4. The monoisotopic (exact) mass is 414 g/mol. The lowest BCUT2D eigenvalue weighted by Crippen LogP contribution is -2.07. The molecule has 0 aliphatic carbocycles. The molecule has 0 aliphatic rings. The van der Waals surface area contributed by atoms with E-state index in [9.17, 15) is 17.6 Å². The Morgan fingerprint density at radius 3 is 2.50 bits per heavy atom. The number of anilines is 2. The topological polar surface area (TPSA) is 59.9 Å². The number of benzene rings is 2. The van der Waals surface area contributed by atoms with Crippen molar-refractivity contribution in [1.82, 2.24) is 15.0 Å². The molecular weight excluding hydrogens is 400 g/mol. The van der Waals surface area contributed by atoms with Crippen LogP contribution in [0.25, 0.3) is 22.3 Å². The second kappa shape index (κ2) is 7.58. The molecule has 0 saturated carbocycles. The summed E-state index contributed by atoms with van der Waals surface area (Å²) in [7, 11) is 1.49. The molecule has 0 atom stereocenters. The molecule has 1 N–H and O–H groups in total. The Morgan fingerprint density at radius 1 is 1.00 bits per heavy atom. The molecule has 2 heterocycles. The maximum absolute atomic E-state index is 14.4. The lowest BCUT2D eigenvalue weighted by molar-refractivity contribution is -0.137. The number of fused-ring (bicyclic) bond motifs is 1. The standard InChI is InChI=1S/C21H14F4N4O/c1-30-14-5-7-17-15(10-14)20(29-19(27-17)12-3-2-8-26-11-12)28-18-6-4-13(9-16(18)22)21(23,24)25/h2-11H,1H3,(H,27,28,29). The van der Waals surface area contributed by atoms with Crippen molar-refractivity contribution in [3.8, 4) is 17.1 Å². The highest BCUT2D eigenvalue weighted by molar-refractivity contribution is 5.93. The van der Waals surface area contributed by atoms with Crippen LogP contribution in [0.2, 0.25) is 0 Å². The van der Waals surface area contributed by atoms with Gasteiger partial charge in [0.15, 0.2) is 5.82 Å². The molecule has 5 nitrogen and oxygen atoms in total. The van der Waals surface area contributed by atoms with Crippen LogP contribution < -0.4 is 10.1 Å². The number of hydrogen-bond acceptors (Lipinski definition) is 5. The highest BCUT2D eigenvalue weighted by Crippen LogP contribution is 2.34. The molecule has 0 amide bonds. The van der Waals surface area contributed by atoms with Crippen LogP contribution in [-0.4, -0.2) is 22.1 Å². The predicted molar refractivity (Wildman–Crippen MR) is 104 cm³/mol. The van der Waals surface area contributed by atoms with Crippen molar-refractivity contribution in [2.45, 2.75) is 6.18 Å². The molecule has 0 saturated heterocycles. The number of alkyl halides is 3. The minimum absolute atomic E-state index is 0.150. The summed E-state index contributed by atoms with van der Waals surface area (Å²) >= 11 is 0. The van der Waals surface area contributed by atoms with E-state index < -0.39 is 17.6 Å². The van der Waals surface area contributed by atoms with E-state index in [1.807, 2.05) is 0 Å². The van der Waals surface area contributed by atoms with Crippen molar-refractivity contribution >= 4 is 22.4 Å². The maximum atomic E-state index is 14.4. The smallest absolute Gasteiger partial charge is 0.416 e. The summed E-state index contributed by atoms with van der Waals surface area (Å²) in [6, 6.07) is 10.8. The number of halogens is 4. The number of methoxy groups -OCH3 is 1. The predicted octanol–water partition coefficient (Wildman–Crippen LogP) is 5.60. The van der Waals surface area contributed by atoms with E-state index in [0.29, 0.717) is 34.1 Å². The Labute approximate surface area is 168 Å². The van der Waals surface area contributed by atoms with Crippen molar-refractivity contribution < 1.29 is 22.3 Å². The van der Waals surface area contributed by atoms with Crippen LogP contribution in [0.1, 0.15) is 5.56 Å². The van der Waals surface area contributed by atoms with Crippen molar-refractivity contribution in [3.63, 3.8) is 0 Å². The van der Waals surface area contributed by atoms with Gasteiger partial charge in [-0.25, -0.2) is 14.4 Å². The molecule has 0 aliphatic heterocycles. The first kappa shape index (κ1) is 19.6. The molecule has 4 rings (SSSR count). The van der Waals surface area contributed by atoms with E-state index >= 15 is 0 Å². The molecule has 2 aromatic carbocycles. The second-order valence-corrected chi connectivity index (χ2v) is 6.34. The van der Waals surface area contributed by atoms with Gasteiger partial charge in [-0.3, -0.25) is 4.98 Å². The molecule has 0 unspecified atom stereocenters. The van der Waals surface area contributed by atoms with Crippen LogP contribution in [0.5, 0.6) is 5.75 Å². The van der Waals surface area contributed by atoms with E-state index in [-0.39, 0.29) is 11.5 Å². The van der Waals surface area contributed by atoms with E-state index in [1.54, 1.807) is 42.7 Å². The van der Waals surface area contributed by atoms with Crippen LogP contribution >= 0.6 is 0 Å². The SMILES string of the molecule is COc1ccc2nc(-c3cccnc3)nc(Nc3ccc(C(F)(F)F)cc3F)c2c1. The van der Waals surface area contributed by atoms with Crippen LogP contribution in [0.15, 0.2) is 60.9 Å². The quantitative estimate of drug-likeness (QED) is 0.441. The molecule has 0 spiro atoms. The van der Waals surface area contributed by atoms with Crippen molar-refractivity contribution in [1.29, 1.82) is 0 Å². The zero-order valence-corrected chi connectivity index (χ0v) is 15.5. The second-order valence-electron chi connectivity index (χ2n) is 6.34. The highest BCUT2D eigenvalue weighted by atomic mass is 19.4. The zero-order valence-electron chi connectivity index (χ0n) is 15.5. The van der Waals surface area contributed by atoms with Gasteiger partial charge < -0.3 is 10.1 Å². The van der Waals surface area contributed by atoms with Gasteiger partial charge in [0.25, 0.3) is 0 Å². The number of aromatic nitrogens is 3. The number of nitrogens with one attached hydrogen (secondary N) is 1. The fourth-order valence-electron chi connectivity index (χ4n) is 2.87. The van der Waals surface area contributed by atoms with Gasteiger partial charge in [-0.05, 0) is 48.5 Å². The van der Waals surface area contributed by atoms with Gasteiger partial charge in [0.1, 0.15) is 17.4 Å². The molecule has 9 heteroatoms. The Kier molecular flexibility index (Phi) is 4.94. The molecule has 0 bridgehead atoms. The largest absolute Gasteiger partial charge is 0.497 e. The summed E-state index contributed by atoms with van der Waals surface area (Å²) in [5.74, 6) is 0.0191. The van der Waals surface area contributed by atoms with Crippen LogP contribution in [0.4, 0.5) is 29.1 Å². The van der Waals surface area contributed by atoms with E-state index in [2.05, 4.69) is 20.3 Å². The van der Waals surface area contributed by atoms with Gasteiger partial charge in [0, 0.05) is 23.3 Å². The third-order valence-electron chi connectivity index (χ3n) is 4.37. The van der Waals surface area contributed by atoms with Crippen molar-refractivity contribution in [3.05, 3.63) is 72.3 Å². The van der Waals surface area contributed by atoms with E-state index in [0.717, 1.165) is 12.1 Å². The summed E-state index contributed by atoms with van der Waals surface area (Å²) in [5, 5.41) is 3.30. The van der Waals surface area contributed by atoms with Gasteiger partial charge in [-0.15, -0.1) is 0 Å². The lowest BCUT2D eigenvalue weighted by atomic mass is 10.1. The molecular formula is C21H14F4N4O. The summed E-state index contributed by atoms with van der Waals surface area (Å²) in [6.07, 6.45) is -1.46. The minimum atomic E-state index is -4.64. The Hall–Kier alpha value is -3.75. The van der Waals surface area contributed by atoms with Crippen LogP contribution in [0.3, 0.4) is 0 Å². The Bertz CT molecular complexity index is 1210. The normalized spacial score (nSPS) is 11.5. The summed E-state index contributed by atoms with van der Waals surface area (Å²) in [5.41, 5.74) is -0.0515. The molecule has 0 fully saturated rings. The van der Waals surface area contributed by atoms with Gasteiger partial charge in [-0.1, -0.05) is 0 Å². The Balaban J connectivity index is 1.84. The van der Waals surface area contributed by atoms with Gasteiger partial charge in [-0.2, -0.15) is 13.2 Å². The van der Waals surface area contributed by atoms with E-state index in [1.165, 1.54) is 7.11 Å². The average Bonchev–Trinajstić information content (AvgIpc) is 2.74. The van der Waals surface area contributed by atoms with Gasteiger partial charge in [0.2, 0.25) is 0 Å². The fraction of sp³-hybridized carbons (Fsp3) is 0.0952. The number of nitrogens with zero attached hydrogens (tertiary/aromatic N) is 3. The van der Waals surface area contributed by atoms with Crippen LogP contribution in [0, 0.1) is 5.82 Å². The average molecular weight is 414 g/mol. The zero-order chi connectivity index (χ0) is 21.3. The van der Waals surface area contributed by atoms with Crippen molar-refractivity contribution in [2.24, 2.45) is 0 Å².